The highest BCUT2D eigenvalue weighted by molar-refractivity contribution is 7.89. The monoisotopic (exact) mass is 418 g/mol. The minimum atomic E-state index is -4.09. The van der Waals surface area contributed by atoms with Gasteiger partial charge in [-0.15, -0.1) is 0 Å². The number of pyridine rings is 1. The Balaban J connectivity index is 1.54. The van der Waals surface area contributed by atoms with Gasteiger partial charge in [0.1, 0.15) is 16.5 Å². The molecule has 1 aromatic carbocycles. The molecular formula is C20H20F2N4O2S. The van der Waals surface area contributed by atoms with Gasteiger partial charge in [0.15, 0.2) is 0 Å². The van der Waals surface area contributed by atoms with E-state index in [2.05, 4.69) is 9.71 Å². The maximum absolute atomic E-state index is 13.8. The number of fused-ring (bicyclic) bond motifs is 1. The lowest BCUT2D eigenvalue weighted by Crippen LogP contribution is -2.29. The predicted octanol–water partition coefficient (Wildman–Crippen LogP) is 3.08. The number of sulfonamides is 1. The molecular weight excluding hydrogens is 398 g/mol. The fourth-order valence-electron chi connectivity index (χ4n) is 3.65. The van der Waals surface area contributed by atoms with E-state index in [9.17, 15) is 17.2 Å². The van der Waals surface area contributed by atoms with Crippen LogP contribution in [0.25, 0.3) is 11.3 Å². The van der Waals surface area contributed by atoms with E-state index in [1.165, 1.54) is 5.56 Å². The lowest BCUT2D eigenvalue weighted by Gasteiger charge is -2.14. The Morgan fingerprint density at radius 3 is 2.59 bits per heavy atom. The number of aromatic nitrogens is 3. The first kappa shape index (κ1) is 19.7. The highest BCUT2D eigenvalue weighted by atomic mass is 32.2. The van der Waals surface area contributed by atoms with Crippen LogP contribution in [0.1, 0.15) is 24.1 Å². The lowest BCUT2D eigenvalue weighted by molar-refractivity contribution is 0.527. The Hall–Kier alpha value is -2.65. The minimum absolute atomic E-state index is 0.0447. The van der Waals surface area contributed by atoms with Gasteiger partial charge in [0.25, 0.3) is 0 Å². The molecule has 1 N–H and O–H groups in total. The Labute approximate surface area is 167 Å². The topological polar surface area (TPSA) is 76.9 Å². The first-order chi connectivity index (χ1) is 14.0. The molecule has 9 heteroatoms. The molecule has 0 spiro atoms. The minimum Gasteiger partial charge on any atom is -0.267 e. The third kappa shape index (κ3) is 4.06. The molecule has 0 saturated carbocycles. The third-order valence-electron chi connectivity index (χ3n) is 5.01. The Morgan fingerprint density at radius 2 is 1.83 bits per heavy atom. The molecule has 1 aliphatic carbocycles. The summed E-state index contributed by atoms with van der Waals surface area (Å²) < 4.78 is 55.8. The van der Waals surface area contributed by atoms with Crippen molar-refractivity contribution in [1.82, 2.24) is 19.5 Å². The molecule has 29 heavy (non-hydrogen) atoms. The molecule has 152 valence electrons. The average Bonchev–Trinajstić information content (AvgIpc) is 3.07. The van der Waals surface area contributed by atoms with Gasteiger partial charge >= 0.3 is 0 Å². The summed E-state index contributed by atoms with van der Waals surface area (Å²) in [4.78, 5) is 3.47. The third-order valence-corrected chi connectivity index (χ3v) is 6.50. The van der Waals surface area contributed by atoms with E-state index in [0.717, 1.165) is 54.8 Å². The summed E-state index contributed by atoms with van der Waals surface area (Å²) >= 11 is 0. The second kappa shape index (κ2) is 8.00. The maximum Gasteiger partial charge on any atom is 0.243 e. The second-order valence-electron chi connectivity index (χ2n) is 6.91. The molecule has 0 atom stereocenters. The van der Waals surface area contributed by atoms with Gasteiger partial charge in [-0.3, -0.25) is 9.67 Å². The van der Waals surface area contributed by atoms with Crippen molar-refractivity contribution in [2.45, 2.75) is 37.1 Å². The molecule has 0 aliphatic heterocycles. The van der Waals surface area contributed by atoms with Crippen LogP contribution in [0.4, 0.5) is 8.78 Å². The first-order valence-corrected chi connectivity index (χ1v) is 10.9. The van der Waals surface area contributed by atoms with Crippen molar-refractivity contribution in [2.24, 2.45) is 0 Å². The van der Waals surface area contributed by atoms with E-state index in [-0.39, 0.29) is 6.54 Å². The molecule has 0 radical (unpaired) electrons. The average molecular weight is 418 g/mol. The number of hydrogen-bond acceptors (Lipinski definition) is 4. The summed E-state index contributed by atoms with van der Waals surface area (Å²) in [5.74, 6) is -1.94. The van der Waals surface area contributed by atoms with Crippen molar-refractivity contribution >= 4 is 10.0 Å². The molecule has 2 heterocycles. The van der Waals surface area contributed by atoms with E-state index in [0.29, 0.717) is 12.6 Å². The van der Waals surface area contributed by atoms with E-state index in [1.54, 1.807) is 12.4 Å². The molecule has 3 aromatic rings. The molecule has 4 rings (SSSR count). The Kier molecular flexibility index (Phi) is 5.42. The van der Waals surface area contributed by atoms with Crippen LogP contribution in [-0.4, -0.2) is 29.7 Å². The van der Waals surface area contributed by atoms with Crippen LogP contribution >= 0.6 is 0 Å². The normalized spacial score (nSPS) is 14.0. The van der Waals surface area contributed by atoms with E-state index >= 15 is 0 Å². The SMILES string of the molecule is O=S(=O)(NCCn1nc(-c2ccncc2)c2c1CCCC2)c1ccc(F)cc1F. The van der Waals surface area contributed by atoms with E-state index in [4.69, 9.17) is 5.10 Å². The van der Waals surface area contributed by atoms with Crippen LogP contribution in [0.5, 0.6) is 0 Å². The standard InChI is InChI=1S/C20H20F2N4O2S/c21-15-5-6-19(17(22)13-15)29(27,28)24-11-12-26-18-4-2-1-3-16(18)20(25-26)14-7-9-23-10-8-14/h5-10,13,24H,1-4,11-12H2. The van der Waals surface area contributed by atoms with Crippen LogP contribution < -0.4 is 4.72 Å². The van der Waals surface area contributed by atoms with Crippen molar-refractivity contribution < 1.29 is 17.2 Å². The summed E-state index contributed by atoms with van der Waals surface area (Å²) in [5.41, 5.74) is 4.17. The van der Waals surface area contributed by atoms with Gasteiger partial charge in [0.05, 0.1) is 12.2 Å². The number of nitrogens with zero attached hydrogens (tertiary/aromatic N) is 3. The number of rotatable bonds is 6. The molecule has 2 aromatic heterocycles. The van der Waals surface area contributed by atoms with Crippen molar-refractivity contribution in [2.75, 3.05) is 6.54 Å². The van der Waals surface area contributed by atoms with Gasteiger partial charge in [-0.05, 0) is 49.9 Å². The van der Waals surface area contributed by atoms with Crippen molar-refractivity contribution in [3.05, 3.63) is 65.6 Å². The molecule has 0 fully saturated rings. The molecule has 0 unspecified atom stereocenters. The predicted molar refractivity (Wildman–Crippen MR) is 104 cm³/mol. The largest absolute Gasteiger partial charge is 0.267 e. The summed E-state index contributed by atoms with van der Waals surface area (Å²) in [7, 11) is -4.09. The van der Waals surface area contributed by atoms with Gasteiger partial charge in [-0.1, -0.05) is 0 Å². The molecule has 0 amide bonds. The summed E-state index contributed by atoms with van der Waals surface area (Å²) in [5, 5.41) is 4.71. The van der Waals surface area contributed by atoms with Crippen LogP contribution in [-0.2, 0) is 29.4 Å². The highest BCUT2D eigenvalue weighted by Gasteiger charge is 2.23. The number of hydrogen-bond donors (Lipinski definition) is 1. The number of benzene rings is 1. The highest BCUT2D eigenvalue weighted by Crippen LogP contribution is 2.30. The van der Waals surface area contributed by atoms with Gasteiger partial charge in [0.2, 0.25) is 10.0 Å². The Morgan fingerprint density at radius 1 is 1.07 bits per heavy atom. The lowest BCUT2D eigenvalue weighted by atomic mass is 9.94. The zero-order chi connectivity index (χ0) is 20.4. The zero-order valence-corrected chi connectivity index (χ0v) is 16.4. The molecule has 1 aliphatic rings. The number of halogens is 2. The quantitative estimate of drug-likeness (QED) is 0.668. The smallest absolute Gasteiger partial charge is 0.243 e. The van der Waals surface area contributed by atoms with Gasteiger partial charge in [-0.25, -0.2) is 21.9 Å². The summed E-state index contributed by atoms with van der Waals surface area (Å²) in [6.07, 6.45) is 7.39. The number of nitrogens with one attached hydrogen (secondary N) is 1. The van der Waals surface area contributed by atoms with Crippen LogP contribution in [0.15, 0.2) is 47.6 Å². The molecule has 6 nitrogen and oxygen atoms in total. The Bertz CT molecular complexity index is 1130. The molecule has 0 bridgehead atoms. The van der Waals surface area contributed by atoms with Crippen LogP contribution in [0.2, 0.25) is 0 Å². The van der Waals surface area contributed by atoms with E-state index < -0.39 is 26.6 Å². The zero-order valence-electron chi connectivity index (χ0n) is 15.6. The van der Waals surface area contributed by atoms with Gasteiger partial charge < -0.3 is 0 Å². The molecule has 0 saturated heterocycles. The van der Waals surface area contributed by atoms with E-state index in [1.807, 2.05) is 16.8 Å². The van der Waals surface area contributed by atoms with Crippen LogP contribution in [0.3, 0.4) is 0 Å². The first-order valence-electron chi connectivity index (χ1n) is 9.39. The van der Waals surface area contributed by atoms with Crippen molar-refractivity contribution in [3.8, 4) is 11.3 Å². The van der Waals surface area contributed by atoms with Crippen molar-refractivity contribution in [1.29, 1.82) is 0 Å². The summed E-state index contributed by atoms with van der Waals surface area (Å²) in [6.45, 7) is 0.360. The maximum atomic E-state index is 13.8. The van der Waals surface area contributed by atoms with Gasteiger partial charge in [-0.2, -0.15) is 5.10 Å². The van der Waals surface area contributed by atoms with Gasteiger partial charge in [0, 0.05) is 41.8 Å². The fourth-order valence-corrected chi connectivity index (χ4v) is 4.73. The van der Waals surface area contributed by atoms with Crippen molar-refractivity contribution in [3.63, 3.8) is 0 Å². The summed E-state index contributed by atoms with van der Waals surface area (Å²) in [6, 6.07) is 6.20. The second-order valence-corrected chi connectivity index (χ2v) is 8.65. The van der Waals surface area contributed by atoms with Crippen LogP contribution in [0, 0.1) is 11.6 Å². The fraction of sp³-hybridized carbons (Fsp3) is 0.300.